The third-order valence-electron chi connectivity index (χ3n) is 3.35. The van der Waals surface area contributed by atoms with Gasteiger partial charge in [0.1, 0.15) is 11.0 Å². The molecule has 3 nitrogen and oxygen atoms in total. The molecular formula is C13H18ClN3. The van der Waals surface area contributed by atoms with Crippen LogP contribution in [0.4, 0.5) is 5.82 Å². The maximum atomic E-state index is 8.89. The number of hydrogen-bond donors (Lipinski definition) is 1. The number of anilines is 1. The number of nitrogens with zero attached hydrogens (tertiary/aromatic N) is 2. The molecule has 0 spiro atoms. The van der Waals surface area contributed by atoms with Crippen LogP contribution in [0, 0.1) is 11.3 Å². The van der Waals surface area contributed by atoms with Crippen LogP contribution in [-0.4, -0.2) is 10.5 Å². The number of nitrogens with one attached hydrogen (secondary N) is 1. The fourth-order valence-electron chi connectivity index (χ4n) is 1.91. The van der Waals surface area contributed by atoms with Gasteiger partial charge in [0.2, 0.25) is 0 Å². The Kier molecular flexibility index (Phi) is 4.77. The lowest BCUT2D eigenvalue weighted by Crippen LogP contribution is -2.36. The summed E-state index contributed by atoms with van der Waals surface area (Å²) in [5, 5.41) is 12.7. The zero-order valence-electron chi connectivity index (χ0n) is 10.5. The van der Waals surface area contributed by atoms with E-state index in [-0.39, 0.29) is 5.54 Å². The standard InChI is InChI=1S/C13H18ClN3/c1-4-13(5-2,6-3)17-12-8-10(9-15)7-11(14)16-12/h7-8H,4-6H2,1-3H3,(H,16,17). The fourth-order valence-corrected chi connectivity index (χ4v) is 2.12. The van der Waals surface area contributed by atoms with E-state index in [1.54, 1.807) is 12.1 Å². The second kappa shape index (κ2) is 5.88. The van der Waals surface area contributed by atoms with Gasteiger partial charge < -0.3 is 5.32 Å². The van der Waals surface area contributed by atoms with E-state index >= 15 is 0 Å². The Balaban J connectivity index is 3.02. The summed E-state index contributed by atoms with van der Waals surface area (Å²) >= 11 is 5.88. The van der Waals surface area contributed by atoms with Crippen molar-refractivity contribution in [1.82, 2.24) is 4.98 Å². The summed E-state index contributed by atoms with van der Waals surface area (Å²) in [4.78, 5) is 4.21. The van der Waals surface area contributed by atoms with Crippen LogP contribution in [0.15, 0.2) is 12.1 Å². The van der Waals surface area contributed by atoms with Gasteiger partial charge in [0.25, 0.3) is 0 Å². The third-order valence-corrected chi connectivity index (χ3v) is 3.54. The Morgan fingerprint density at radius 2 is 1.88 bits per heavy atom. The highest BCUT2D eigenvalue weighted by Crippen LogP contribution is 2.25. The second-order valence-electron chi connectivity index (χ2n) is 4.14. The lowest BCUT2D eigenvalue weighted by Gasteiger charge is -2.32. The van der Waals surface area contributed by atoms with Crippen molar-refractivity contribution >= 4 is 17.4 Å². The smallest absolute Gasteiger partial charge is 0.132 e. The molecule has 4 heteroatoms. The summed E-state index contributed by atoms with van der Waals surface area (Å²) in [5.41, 5.74) is 0.564. The highest BCUT2D eigenvalue weighted by Gasteiger charge is 2.24. The van der Waals surface area contributed by atoms with Crippen molar-refractivity contribution in [2.45, 2.75) is 45.6 Å². The third kappa shape index (κ3) is 3.34. The molecule has 0 radical (unpaired) electrons. The average Bonchev–Trinajstić information content (AvgIpc) is 2.35. The molecule has 1 aromatic rings. The topological polar surface area (TPSA) is 48.7 Å². The molecule has 1 aromatic heterocycles. The molecule has 0 atom stereocenters. The van der Waals surface area contributed by atoms with Gasteiger partial charge in [-0.2, -0.15) is 5.26 Å². The molecule has 0 unspecified atom stereocenters. The molecule has 0 saturated carbocycles. The molecule has 0 aromatic carbocycles. The van der Waals surface area contributed by atoms with E-state index < -0.39 is 0 Å². The van der Waals surface area contributed by atoms with Gasteiger partial charge in [0.15, 0.2) is 0 Å². The predicted molar refractivity (Wildman–Crippen MR) is 71.2 cm³/mol. The SMILES string of the molecule is CCC(CC)(CC)Nc1cc(C#N)cc(Cl)n1. The second-order valence-corrected chi connectivity index (χ2v) is 4.53. The van der Waals surface area contributed by atoms with Crippen molar-refractivity contribution in [1.29, 1.82) is 5.26 Å². The maximum absolute atomic E-state index is 8.89. The van der Waals surface area contributed by atoms with Gasteiger partial charge >= 0.3 is 0 Å². The minimum atomic E-state index is 0.0322. The van der Waals surface area contributed by atoms with E-state index in [1.165, 1.54) is 0 Å². The normalized spacial score (nSPS) is 11.0. The zero-order valence-corrected chi connectivity index (χ0v) is 11.3. The van der Waals surface area contributed by atoms with Crippen LogP contribution in [0.3, 0.4) is 0 Å². The number of nitriles is 1. The molecule has 1 N–H and O–H groups in total. The fraction of sp³-hybridized carbons (Fsp3) is 0.538. The Hall–Kier alpha value is -1.27. The van der Waals surface area contributed by atoms with Crippen molar-refractivity contribution in [2.24, 2.45) is 0 Å². The maximum Gasteiger partial charge on any atom is 0.132 e. The number of pyridine rings is 1. The molecule has 0 bridgehead atoms. The van der Waals surface area contributed by atoms with Gasteiger partial charge in [0, 0.05) is 5.54 Å². The average molecular weight is 252 g/mol. The molecule has 0 aliphatic rings. The Labute approximate surface area is 108 Å². The quantitative estimate of drug-likeness (QED) is 0.805. The Bertz CT molecular complexity index is 411. The van der Waals surface area contributed by atoms with E-state index in [2.05, 4.69) is 37.1 Å². The zero-order chi connectivity index (χ0) is 12.9. The van der Waals surface area contributed by atoms with Crippen LogP contribution in [0.25, 0.3) is 0 Å². The number of rotatable bonds is 5. The molecule has 0 fully saturated rings. The van der Waals surface area contributed by atoms with Crippen molar-refractivity contribution in [2.75, 3.05) is 5.32 Å². The predicted octanol–water partition coefficient (Wildman–Crippen LogP) is 3.99. The highest BCUT2D eigenvalue weighted by molar-refractivity contribution is 6.29. The summed E-state index contributed by atoms with van der Waals surface area (Å²) in [6, 6.07) is 5.39. The van der Waals surface area contributed by atoms with Gasteiger partial charge in [-0.25, -0.2) is 4.98 Å². The first-order valence-electron chi connectivity index (χ1n) is 5.95. The summed E-state index contributed by atoms with van der Waals surface area (Å²) in [6.07, 6.45) is 3.03. The van der Waals surface area contributed by atoms with Crippen LogP contribution in [0.2, 0.25) is 5.15 Å². The number of halogens is 1. The van der Waals surface area contributed by atoms with Crippen molar-refractivity contribution in [3.63, 3.8) is 0 Å². The number of hydrogen-bond acceptors (Lipinski definition) is 3. The van der Waals surface area contributed by atoms with E-state index in [1.807, 2.05) is 0 Å². The molecule has 17 heavy (non-hydrogen) atoms. The van der Waals surface area contributed by atoms with Crippen LogP contribution in [0.5, 0.6) is 0 Å². The summed E-state index contributed by atoms with van der Waals surface area (Å²) in [7, 11) is 0. The molecule has 1 heterocycles. The molecule has 0 aliphatic carbocycles. The van der Waals surface area contributed by atoms with E-state index in [0.717, 1.165) is 19.3 Å². The van der Waals surface area contributed by atoms with Gasteiger partial charge in [-0.05, 0) is 31.4 Å². The Morgan fingerprint density at radius 3 is 2.35 bits per heavy atom. The van der Waals surface area contributed by atoms with E-state index in [4.69, 9.17) is 16.9 Å². The highest BCUT2D eigenvalue weighted by atomic mass is 35.5. The van der Waals surface area contributed by atoms with Gasteiger partial charge in [-0.3, -0.25) is 0 Å². The molecule has 0 saturated heterocycles. The van der Waals surface area contributed by atoms with Gasteiger partial charge in [-0.1, -0.05) is 32.4 Å². The molecule has 0 amide bonds. The van der Waals surface area contributed by atoms with Crippen LogP contribution >= 0.6 is 11.6 Å². The molecule has 92 valence electrons. The van der Waals surface area contributed by atoms with E-state index in [9.17, 15) is 0 Å². The monoisotopic (exact) mass is 251 g/mol. The van der Waals surface area contributed by atoms with Crippen LogP contribution in [0.1, 0.15) is 45.6 Å². The van der Waals surface area contributed by atoms with Crippen molar-refractivity contribution < 1.29 is 0 Å². The first kappa shape index (κ1) is 13.8. The Morgan fingerprint density at radius 1 is 1.29 bits per heavy atom. The summed E-state index contributed by atoms with van der Waals surface area (Å²) < 4.78 is 0. The van der Waals surface area contributed by atoms with Crippen molar-refractivity contribution in [3.05, 3.63) is 22.8 Å². The van der Waals surface area contributed by atoms with E-state index in [0.29, 0.717) is 16.5 Å². The summed E-state index contributed by atoms with van der Waals surface area (Å²) in [6.45, 7) is 6.45. The molecular weight excluding hydrogens is 234 g/mol. The first-order chi connectivity index (χ1) is 8.09. The first-order valence-corrected chi connectivity index (χ1v) is 6.32. The summed E-state index contributed by atoms with van der Waals surface area (Å²) in [5.74, 6) is 0.680. The van der Waals surface area contributed by atoms with Gasteiger partial charge in [-0.15, -0.1) is 0 Å². The van der Waals surface area contributed by atoms with Crippen LogP contribution < -0.4 is 5.32 Å². The largest absolute Gasteiger partial charge is 0.365 e. The minimum Gasteiger partial charge on any atom is -0.365 e. The minimum absolute atomic E-state index is 0.0322. The lowest BCUT2D eigenvalue weighted by molar-refractivity contribution is 0.419. The molecule has 0 aliphatic heterocycles. The van der Waals surface area contributed by atoms with Crippen molar-refractivity contribution in [3.8, 4) is 6.07 Å². The number of aromatic nitrogens is 1. The molecule has 1 rings (SSSR count). The lowest BCUT2D eigenvalue weighted by atomic mass is 9.90. The van der Waals surface area contributed by atoms with Gasteiger partial charge in [0.05, 0.1) is 11.6 Å². The van der Waals surface area contributed by atoms with Crippen LogP contribution in [-0.2, 0) is 0 Å².